The largest absolute Gasteiger partial charge is 0.490 e. The molecule has 268 valence electrons. The molecule has 1 rings (SSSR count). The SMILES string of the molecule is CN=NCCOCCOCCOc1c(CNC(=O)OC(C)(C)C)c(C)c(CNC(=O)OC(C)(C)C)c(C)c1CNC(=O)OC(C)(C)C. The summed E-state index contributed by atoms with van der Waals surface area (Å²) in [5, 5.41) is 16.0. The summed E-state index contributed by atoms with van der Waals surface area (Å²) in [6.07, 6.45) is -1.78. The lowest BCUT2D eigenvalue weighted by atomic mass is 9.91. The molecule has 0 aliphatic carbocycles. The molecule has 0 heterocycles. The number of nitrogens with zero attached hydrogens (tertiary/aromatic N) is 2. The zero-order valence-corrected chi connectivity index (χ0v) is 30.4. The van der Waals surface area contributed by atoms with Crippen LogP contribution < -0.4 is 20.7 Å². The summed E-state index contributed by atoms with van der Waals surface area (Å²) in [5.74, 6) is 0.470. The highest BCUT2D eigenvalue weighted by Gasteiger charge is 2.25. The van der Waals surface area contributed by atoms with E-state index in [1.54, 1.807) is 69.4 Å². The lowest BCUT2D eigenvalue weighted by molar-refractivity contribution is 0.0382. The van der Waals surface area contributed by atoms with Gasteiger partial charge in [-0.3, -0.25) is 0 Å². The first kappa shape index (κ1) is 41.4. The molecule has 14 nitrogen and oxygen atoms in total. The van der Waals surface area contributed by atoms with Gasteiger partial charge in [0.2, 0.25) is 0 Å². The minimum Gasteiger partial charge on any atom is -0.490 e. The molecule has 0 fully saturated rings. The minimum atomic E-state index is -0.697. The molecule has 0 aliphatic heterocycles. The van der Waals surface area contributed by atoms with Crippen LogP contribution >= 0.6 is 0 Å². The molecule has 0 unspecified atom stereocenters. The van der Waals surface area contributed by atoms with E-state index >= 15 is 0 Å². The van der Waals surface area contributed by atoms with Crippen molar-refractivity contribution in [2.24, 2.45) is 10.2 Å². The summed E-state index contributed by atoms with van der Waals surface area (Å²) in [7, 11) is 1.61. The van der Waals surface area contributed by atoms with Crippen LogP contribution in [0.5, 0.6) is 5.75 Å². The van der Waals surface area contributed by atoms with E-state index in [1.165, 1.54) is 0 Å². The first-order chi connectivity index (χ1) is 21.7. The Morgan fingerprint density at radius 1 is 0.574 bits per heavy atom. The van der Waals surface area contributed by atoms with Crippen molar-refractivity contribution >= 4 is 18.3 Å². The summed E-state index contributed by atoms with van der Waals surface area (Å²) in [6.45, 7) is 22.2. The zero-order chi connectivity index (χ0) is 35.8. The summed E-state index contributed by atoms with van der Waals surface area (Å²) < 4.78 is 33.8. The van der Waals surface area contributed by atoms with Gasteiger partial charge in [-0.15, -0.1) is 0 Å². The van der Waals surface area contributed by atoms with Gasteiger partial charge >= 0.3 is 18.3 Å². The average molecular weight is 668 g/mol. The van der Waals surface area contributed by atoms with Crippen LogP contribution in [0.15, 0.2) is 10.2 Å². The lowest BCUT2D eigenvalue weighted by Crippen LogP contribution is -2.34. The normalized spacial score (nSPS) is 12.1. The average Bonchev–Trinajstić information content (AvgIpc) is 2.90. The van der Waals surface area contributed by atoms with Crippen LogP contribution in [0.2, 0.25) is 0 Å². The van der Waals surface area contributed by atoms with E-state index in [0.717, 1.165) is 16.7 Å². The third-order valence-electron chi connectivity index (χ3n) is 6.11. The van der Waals surface area contributed by atoms with Crippen LogP contribution in [-0.4, -0.2) is 81.7 Å². The number of rotatable bonds is 16. The monoisotopic (exact) mass is 667 g/mol. The van der Waals surface area contributed by atoms with Crippen molar-refractivity contribution in [2.45, 2.75) is 113 Å². The van der Waals surface area contributed by atoms with E-state index in [9.17, 15) is 14.4 Å². The topological polar surface area (TPSA) is 167 Å². The predicted molar refractivity (Wildman–Crippen MR) is 178 cm³/mol. The fourth-order valence-corrected chi connectivity index (χ4v) is 4.19. The molecule has 0 radical (unpaired) electrons. The first-order valence-corrected chi connectivity index (χ1v) is 15.8. The maximum atomic E-state index is 12.7. The second kappa shape index (κ2) is 19.2. The molecule has 0 saturated heterocycles. The van der Waals surface area contributed by atoms with Gasteiger partial charge in [0.1, 0.15) is 29.2 Å². The van der Waals surface area contributed by atoms with Crippen LogP contribution in [0.25, 0.3) is 0 Å². The maximum Gasteiger partial charge on any atom is 0.407 e. The fourth-order valence-electron chi connectivity index (χ4n) is 4.19. The second-order valence-electron chi connectivity index (χ2n) is 13.7. The first-order valence-electron chi connectivity index (χ1n) is 15.8. The van der Waals surface area contributed by atoms with E-state index in [1.807, 2.05) is 13.8 Å². The predicted octanol–water partition coefficient (Wildman–Crippen LogP) is 5.87. The quantitative estimate of drug-likeness (QED) is 0.111. The Kier molecular flexibility index (Phi) is 16.9. The molecule has 47 heavy (non-hydrogen) atoms. The summed E-state index contributed by atoms with van der Waals surface area (Å²) in [6, 6.07) is 0. The summed E-state index contributed by atoms with van der Waals surface area (Å²) in [5.41, 5.74) is 1.57. The van der Waals surface area contributed by atoms with Crippen LogP contribution in [0, 0.1) is 13.8 Å². The minimum absolute atomic E-state index is 0.0546. The number of azo groups is 1. The highest BCUT2D eigenvalue weighted by Crippen LogP contribution is 2.34. The number of carbonyl (C=O) groups excluding carboxylic acids is 3. The van der Waals surface area contributed by atoms with E-state index in [4.69, 9.17) is 28.4 Å². The Bertz CT molecular complexity index is 1140. The van der Waals surface area contributed by atoms with Gasteiger partial charge in [-0.1, -0.05) is 0 Å². The molecule has 0 aromatic heterocycles. The molecule has 3 N–H and O–H groups in total. The molecule has 0 spiro atoms. The molecule has 0 atom stereocenters. The molecule has 14 heteroatoms. The van der Waals surface area contributed by atoms with E-state index < -0.39 is 35.1 Å². The Morgan fingerprint density at radius 2 is 0.936 bits per heavy atom. The number of hydrogen-bond acceptors (Lipinski definition) is 11. The molecule has 0 saturated carbocycles. The van der Waals surface area contributed by atoms with E-state index in [-0.39, 0.29) is 32.8 Å². The molecule has 3 amide bonds. The van der Waals surface area contributed by atoms with Crippen molar-refractivity contribution in [3.8, 4) is 5.75 Å². The number of nitrogens with one attached hydrogen (secondary N) is 3. The van der Waals surface area contributed by atoms with Crippen LogP contribution in [0.4, 0.5) is 14.4 Å². The summed E-state index contributed by atoms with van der Waals surface area (Å²) in [4.78, 5) is 37.9. The zero-order valence-electron chi connectivity index (χ0n) is 30.4. The second-order valence-corrected chi connectivity index (χ2v) is 13.7. The third kappa shape index (κ3) is 17.7. The summed E-state index contributed by atoms with van der Waals surface area (Å²) >= 11 is 0. The van der Waals surface area contributed by atoms with Crippen molar-refractivity contribution in [2.75, 3.05) is 46.6 Å². The number of hydrogen-bond donors (Lipinski definition) is 3. The van der Waals surface area contributed by atoms with Crippen molar-refractivity contribution in [1.29, 1.82) is 0 Å². The van der Waals surface area contributed by atoms with E-state index in [0.29, 0.717) is 43.2 Å². The van der Waals surface area contributed by atoms with Crippen LogP contribution in [-0.2, 0) is 43.3 Å². The van der Waals surface area contributed by atoms with Gasteiger partial charge in [-0.2, -0.15) is 10.2 Å². The highest BCUT2D eigenvalue weighted by molar-refractivity contribution is 5.70. The van der Waals surface area contributed by atoms with Gasteiger partial charge in [-0.25, -0.2) is 14.4 Å². The standard InChI is InChI=1S/C33H57N5O9/c1-22-24(19-35-28(39)45-31(3,4)5)23(2)26(21-37-30(41)47-33(9,10)11)27(25(22)20-36-29(40)46-32(6,7)8)44-18-17-43-16-15-42-14-13-38-34-12/h13-21H2,1-12H3,(H,35,39)(H,36,40)(H,37,41). The van der Waals surface area contributed by atoms with Gasteiger partial charge in [0.05, 0.1) is 46.1 Å². The van der Waals surface area contributed by atoms with Crippen molar-refractivity contribution in [1.82, 2.24) is 16.0 Å². The van der Waals surface area contributed by atoms with Gasteiger partial charge in [-0.05, 0) is 92.9 Å². The smallest absolute Gasteiger partial charge is 0.407 e. The maximum absolute atomic E-state index is 12.7. The number of carbonyl (C=O) groups is 3. The van der Waals surface area contributed by atoms with Gasteiger partial charge in [0, 0.05) is 24.7 Å². The Labute approximate surface area is 280 Å². The fraction of sp³-hybridized carbons (Fsp3) is 0.727. The lowest BCUT2D eigenvalue weighted by Gasteiger charge is -2.26. The molecule has 1 aromatic carbocycles. The molecule has 1 aromatic rings. The third-order valence-corrected chi connectivity index (χ3v) is 6.11. The van der Waals surface area contributed by atoms with Gasteiger partial charge in [0.25, 0.3) is 0 Å². The van der Waals surface area contributed by atoms with E-state index in [2.05, 4.69) is 26.2 Å². The Morgan fingerprint density at radius 3 is 1.32 bits per heavy atom. The number of benzene rings is 1. The molecule has 0 aliphatic rings. The number of amides is 3. The van der Waals surface area contributed by atoms with Crippen molar-refractivity contribution < 1.29 is 42.8 Å². The Hall–Kier alpha value is -3.65. The van der Waals surface area contributed by atoms with Crippen LogP contribution in [0.1, 0.15) is 90.1 Å². The molecular weight excluding hydrogens is 610 g/mol. The van der Waals surface area contributed by atoms with Gasteiger partial charge < -0.3 is 44.4 Å². The van der Waals surface area contributed by atoms with Crippen LogP contribution in [0.3, 0.4) is 0 Å². The van der Waals surface area contributed by atoms with Crippen molar-refractivity contribution in [3.05, 3.63) is 27.8 Å². The number of ether oxygens (including phenoxy) is 6. The molecule has 0 bridgehead atoms. The van der Waals surface area contributed by atoms with Crippen molar-refractivity contribution in [3.63, 3.8) is 0 Å². The van der Waals surface area contributed by atoms with Gasteiger partial charge in [0.15, 0.2) is 0 Å². The number of alkyl carbamates (subject to hydrolysis) is 3. The molecular formula is C33H57N5O9. The Balaban J connectivity index is 3.40. The highest BCUT2D eigenvalue weighted by atomic mass is 16.6.